The summed E-state index contributed by atoms with van der Waals surface area (Å²) >= 11 is 1.43. The monoisotopic (exact) mass is 196 g/mol. The van der Waals surface area contributed by atoms with E-state index in [0.29, 0.717) is 11.5 Å². The molecule has 0 amide bonds. The van der Waals surface area contributed by atoms with Gasteiger partial charge in [-0.25, -0.2) is 4.98 Å². The number of hydrogen-bond acceptors (Lipinski definition) is 5. The van der Waals surface area contributed by atoms with Gasteiger partial charge in [0.05, 0.1) is 18.2 Å². The Morgan fingerprint density at radius 3 is 3.00 bits per heavy atom. The molecule has 13 heavy (non-hydrogen) atoms. The maximum atomic E-state index is 8.62. The molecular weight excluding hydrogens is 184 g/mol. The molecule has 2 N–H and O–H groups in total. The van der Waals surface area contributed by atoms with Crippen molar-refractivity contribution in [2.75, 3.05) is 24.2 Å². The van der Waals surface area contributed by atoms with E-state index in [0.717, 1.165) is 5.13 Å². The number of hydrogen-bond donors (Lipinski definition) is 1. The van der Waals surface area contributed by atoms with Crippen LogP contribution in [0.15, 0.2) is 6.20 Å². The summed E-state index contributed by atoms with van der Waals surface area (Å²) in [6, 6.07) is 2.18. The Kier molecular flexibility index (Phi) is 3.09. The number of nitrogens with two attached hydrogens (primary N) is 1. The van der Waals surface area contributed by atoms with E-state index < -0.39 is 0 Å². The molecule has 1 aromatic rings. The Labute approximate surface area is 81.6 Å². The standard InChI is InChI=1S/C8H12N4S/c1-6(3-9)5-12(2)8-11-4-7(10)13-8/h4,6H,5,10H2,1-2H3. The highest BCUT2D eigenvalue weighted by molar-refractivity contribution is 7.19. The predicted molar refractivity (Wildman–Crippen MR) is 54.6 cm³/mol. The fraction of sp³-hybridized carbons (Fsp3) is 0.500. The van der Waals surface area contributed by atoms with Gasteiger partial charge in [-0.3, -0.25) is 0 Å². The molecule has 4 nitrogen and oxygen atoms in total. The molecule has 1 unspecified atom stereocenters. The minimum atomic E-state index is 0.00937. The van der Waals surface area contributed by atoms with Crippen LogP contribution in [0.5, 0.6) is 0 Å². The summed E-state index contributed by atoms with van der Waals surface area (Å²) in [6.07, 6.45) is 1.63. The summed E-state index contributed by atoms with van der Waals surface area (Å²) in [7, 11) is 1.91. The van der Waals surface area contributed by atoms with Crippen LogP contribution in [0.2, 0.25) is 0 Å². The van der Waals surface area contributed by atoms with E-state index in [1.54, 1.807) is 6.20 Å². The number of thiazole rings is 1. The van der Waals surface area contributed by atoms with E-state index in [-0.39, 0.29) is 5.92 Å². The van der Waals surface area contributed by atoms with Gasteiger partial charge < -0.3 is 10.6 Å². The molecule has 0 aliphatic rings. The summed E-state index contributed by atoms with van der Waals surface area (Å²) < 4.78 is 0. The van der Waals surface area contributed by atoms with Gasteiger partial charge in [0.2, 0.25) is 0 Å². The van der Waals surface area contributed by atoms with Gasteiger partial charge in [0.1, 0.15) is 5.00 Å². The molecule has 0 bridgehead atoms. The van der Waals surface area contributed by atoms with Gasteiger partial charge in [-0.2, -0.15) is 5.26 Å². The third kappa shape index (κ3) is 2.60. The molecule has 0 aliphatic carbocycles. The largest absolute Gasteiger partial charge is 0.389 e. The Balaban J connectivity index is 2.59. The second-order valence-corrected chi connectivity index (χ2v) is 4.00. The molecule has 0 spiro atoms. The van der Waals surface area contributed by atoms with Crippen LogP contribution < -0.4 is 10.6 Å². The second kappa shape index (κ2) is 4.10. The first kappa shape index (κ1) is 9.81. The summed E-state index contributed by atoms with van der Waals surface area (Å²) in [4.78, 5) is 6.05. The lowest BCUT2D eigenvalue weighted by atomic mass is 10.2. The number of nitrogens with zero attached hydrogens (tertiary/aromatic N) is 3. The SMILES string of the molecule is CC(C#N)CN(C)c1ncc(N)s1. The second-order valence-electron chi connectivity index (χ2n) is 2.96. The van der Waals surface area contributed by atoms with Gasteiger partial charge in [0, 0.05) is 13.6 Å². The van der Waals surface area contributed by atoms with Gasteiger partial charge in [0.25, 0.3) is 0 Å². The lowest BCUT2D eigenvalue weighted by Gasteiger charge is -2.16. The van der Waals surface area contributed by atoms with Crippen molar-refractivity contribution in [3.05, 3.63) is 6.20 Å². The Morgan fingerprint density at radius 1 is 1.85 bits per heavy atom. The summed E-state index contributed by atoms with van der Waals surface area (Å²) in [5.41, 5.74) is 5.54. The molecule has 0 aliphatic heterocycles. The van der Waals surface area contributed by atoms with E-state index in [4.69, 9.17) is 11.0 Å². The van der Waals surface area contributed by atoms with Crippen LogP contribution in [-0.2, 0) is 0 Å². The topological polar surface area (TPSA) is 65.9 Å². The average Bonchev–Trinajstić information content (AvgIpc) is 2.51. The van der Waals surface area contributed by atoms with Gasteiger partial charge in [-0.15, -0.1) is 0 Å². The Hall–Kier alpha value is -1.28. The number of rotatable bonds is 3. The molecular formula is C8H12N4S. The maximum absolute atomic E-state index is 8.62. The number of anilines is 2. The van der Waals surface area contributed by atoms with Crippen LogP contribution in [0.4, 0.5) is 10.1 Å². The van der Waals surface area contributed by atoms with Gasteiger partial charge in [-0.1, -0.05) is 11.3 Å². The zero-order chi connectivity index (χ0) is 9.84. The first-order chi connectivity index (χ1) is 6.13. The molecule has 1 atom stereocenters. The average molecular weight is 196 g/mol. The lowest BCUT2D eigenvalue weighted by molar-refractivity contribution is 0.715. The molecule has 70 valence electrons. The third-order valence-corrected chi connectivity index (χ3v) is 2.55. The number of nitriles is 1. The van der Waals surface area contributed by atoms with Crippen LogP contribution in [-0.4, -0.2) is 18.6 Å². The van der Waals surface area contributed by atoms with Gasteiger partial charge >= 0.3 is 0 Å². The van der Waals surface area contributed by atoms with Crippen molar-refractivity contribution >= 4 is 21.5 Å². The van der Waals surface area contributed by atoms with E-state index in [2.05, 4.69) is 11.1 Å². The van der Waals surface area contributed by atoms with E-state index in [1.807, 2.05) is 18.9 Å². The zero-order valence-corrected chi connectivity index (χ0v) is 8.51. The van der Waals surface area contributed by atoms with E-state index >= 15 is 0 Å². The summed E-state index contributed by atoms with van der Waals surface area (Å²) in [5, 5.41) is 10.2. The minimum absolute atomic E-state index is 0.00937. The van der Waals surface area contributed by atoms with Crippen molar-refractivity contribution in [1.82, 2.24) is 4.98 Å². The molecule has 0 saturated carbocycles. The Morgan fingerprint density at radius 2 is 2.54 bits per heavy atom. The highest BCUT2D eigenvalue weighted by Gasteiger charge is 2.08. The van der Waals surface area contributed by atoms with Crippen LogP contribution in [0.25, 0.3) is 0 Å². The normalized spacial score (nSPS) is 12.1. The highest BCUT2D eigenvalue weighted by Crippen LogP contribution is 2.23. The predicted octanol–water partition coefficient (Wildman–Crippen LogP) is 1.32. The summed E-state index contributed by atoms with van der Waals surface area (Å²) in [6.45, 7) is 2.57. The van der Waals surface area contributed by atoms with Gasteiger partial charge in [0.15, 0.2) is 5.13 Å². The van der Waals surface area contributed by atoms with Crippen LogP contribution >= 0.6 is 11.3 Å². The molecule has 0 fully saturated rings. The highest BCUT2D eigenvalue weighted by atomic mass is 32.1. The van der Waals surface area contributed by atoms with E-state index in [1.165, 1.54) is 11.3 Å². The van der Waals surface area contributed by atoms with Crippen LogP contribution in [0.1, 0.15) is 6.92 Å². The van der Waals surface area contributed by atoms with Crippen molar-refractivity contribution in [2.24, 2.45) is 5.92 Å². The smallest absolute Gasteiger partial charge is 0.187 e. The third-order valence-electron chi connectivity index (χ3n) is 1.61. The molecule has 1 aromatic heterocycles. The fourth-order valence-corrected chi connectivity index (χ4v) is 1.64. The molecule has 0 aromatic carbocycles. The molecule has 0 saturated heterocycles. The molecule has 1 heterocycles. The van der Waals surface area contributed by atoms with Crippen molar-refractivity contribution in [3.63, 3.8) is 0 Å². The molecule has 0 radical (unpaired) electrons. The zero-order valence-electron chi connectivity index (χ0n) is 7.69. The maximum Gasteiger partial charge on any atom is 0.187 e. The van der Waals surface area contributed by atoms with Crippen molar-refractivity contribution in [1.29, 1.82) is 5.26 Å². The molecule has 1 rings (SSSR count). The van der Waals surface area contributed by atoms with E-state index in [9.17, 15) is 0 Å². The van der Waals surface area contributed by atoms with Crippen LogP contribution in [0.3, 0.4) is 0 Å². The van der Waals surface area contributed by atoms with Crippen molar-refractivity contribution in [3.8, 4) is 6.07 Å². The van der Waals surface area contributed by atoms with Crippen molar-refractivity contribution in [2.45, 2.75) is 6.92 Å². The first-order valence-electron chi connectivity index (χ1n) is 3.95. The number of nitrogen functional groups attached to an aromatic ring is 1. The minimum Gasteiger partial charge on any atom is -0.389 e. The van der Waals surface area contributed by atoms with Crippen molar-refractivity contribution < 1.29 is 0 Å². The quantitative estimate of drug-likeness (QED) is 0.791. The van der Waals surface area contributed by atoms with Crippen LogP contribution in [0, 0.1) is 17.2 Å². The van der Waals surface area contributed by atoms with Gasteiger partial charge in [-0.05, 0) is 6.92 Å². The number of aromatic nitrogens is 1. The fourth-order valence-electron chi connectivity index (χ4n) is 0.983. The Bertz CT molecular complexity index is 314. The summed E-state index contributed by atoms with van der Waals surface area (Å²) in [5.74, 6) is 0.00937. The molecule has 5 heteroatoms. The first-order valence-corrected chi connectivity index (χ1v) is 4.77. The lowest BCUT2D eigenvalue weighted by Crippen LogP contribution is -2.22.